The summed E-state index contributed by atoms with van der Waals surface area (Å²) in [5, 5.41) is 9.42. The number of nitrogens with zero attached hydrogens (tertiary/aromatic N) is 2. The van der Waals surface area contributed by atoms with Crippen LogP contribution in [-0.4, -0.2) is 18.9 Å². The number of aldehydes is 1. The number of rotatable bonds is 4. The molecule has 0 radical (unpaired) electrons. The maximum atomic E-state index is 13.3. The van der Waals surface area contributed by atoms with Gasteiger partial charge in [-0.25, -0.2) is 0 Å². The Morgan fingerprint density at radius 3 is 2.58 bits per heavy atom. The number of anilines is 1. The lowest BCUT2D eigenvalue weighted by molar-refractivity contribution is -0.137. The van der Waals surface area contributed by atoms with E-state index in [-0.39, 0.29) is 6.04 Å². The Morgan fingerprint density at radius 1 is 1.42 bits per heavy atom. The fourth-order valence-electron chi connectivity index (χ4n) is 3.60. The average Bonchev–Trinajstić information content (AvgIpc) is 2.58. The Labute approximate surface area is 156 Å². The van der Waals surface area contributed by atoms with Gasteiger partial charge in [0.1, 0.15) is 6.29 Å². The second-order valence-corrected chi connectivity index (χ2v) is 7.24. The van der Waals surface area contributed by atoms with E-state index in [9.17, 15) is 18.0 Å². The van der Waals surface area contributed by atoms with Crippen molar-refractivity contribution in [1.82, 2.24) is 0 Å². The normalized spacial score (nSPS) is 19.8. The molecule has 0 saturated heterocycles. The van der Waals surface area contributed by atoms with E-state index in [1.54, 1.807) is 6.07 Å². The predicted octanol–water partition coefficient (Wildman–Crippen LogP) is 5.28. The Kier molecular flexibility index (Phi) is 5.72. The molecule has 7 heteroatoms. The second-order valence-electron chi connectivity index (χ2n) is 6.86. The van der Waals surface area contributed by atoms with Crippen molar-refractivity contribution in [3.63, 3.8) is 0 Å². The molecule has 0 bridgehead atoms. The van der Waals surface area contributed by atoms with Crippen LogP contribution in [0.15, 0.2) is 28.8 Å². The van der Waals surface area contributed by atoms with Gasteiger partial charge in [0.2, 0.25) is 0 Å². The first-order chi connectivity index (χ1) is 12.1. The zero-order valence-corrected chi connectivity index (χ0v) is 15.6. The molecule has 1 unspecified atom stereocenters. The molecule has 0 amide bonds. The number of alkyl halides is 3. The van der Waals surface area contributed by atoms with Gasteiger partial charge in [-0.15, -0.1) is 0 Å². The molecule has 3 nitrogen and oxygen atoms in total. The van der Waals surface area contributed by atoms with Crippen molar-refractivity contribution in [3.8, 4) is 6.07 Å². The number of allylic oxidation sites excluding steroid dienone is 1. The Balaban J connectivity index is 2.52. The van der Waals surface area contributed by atoms with E-state index in [4.69, 9.17) is 16.9 Å². The standard InChI is InChI=1S/C19H20ClF3N2O/c1-4-25(16-8-6-13(11-26)17(20)18(16,2)3)14-7-5-12(10-24)15(9-14)19(21,22)23/h5,7,9,11,16H,4,6,8H2,1-3H3. The fourth-order valence-corrected chi connectivity index (χ4v) is 3.87. The van der Waals surface area contributed by atoms with Gasteiger partial charge in [-0.05, 0) is 38.0 Å². The summed E-state index contributed by atoms with van der Waals surface area (Å²) in [7, 11) is 0. The van der Waals surface area contributed by atoms with Crippen molar-refractivity contribution in [2.75, 3.05) is 11.4 Å². The van der Waals surface area contributed by atoms with Crippen molar-refractivity contribution in [2.45, 2.75) is 45.8 Å². The van der Waals surface area contributed by atoms with E-state index in [1.165, 1.54) is 12.1 Å². The minimum Gasteiger partial charge on any atom is -0.368 e. The van der Waals surface area contributed by atoms with Crippen LogP contribution in [0.25, 0.3) is 0 Å². The Bertz CT molecular complexity index is 778. The molecule has 1 aliphatic carbocycles. The van der Waals surface area contributed by atoms with Gasteiger partial charge in [-0.2, -0.15) is 18.4 Å². The minimum absolute atomic E-state index is 0.169. The third kappa shape index (κ3) is 3.59. The predicted molar refractivity (Wildman–Crippen MR) is 94.9 cm³/mol. The molecule has 140 valence electrons. The molecule has 0 aliphatic heterocycles. The summed E-state index contributed by atoms with van der Waals surface area (Å²) in [6, 6.07) is 5.17. The number of carbonyl (C=O) groups is 1. The van der Waals surface area contributed by atoms with E-state index >= 15 is 0 Å². The highest BCUT2D eigenvalue weighted by Crippen LogP contribution is 2.46. The van der Waals surface area contributed by atoms with Crippen LogP contribution in [0, 0.1) is 16.7 Å². The van der Waals surface area contributed by atoms with E-state index in [2.05, 4.69) is 0 Å². The molecule has 0 aromatic heterocycles. The van der Waals surface area contributed by atoms with E-state index < -0.39 is 22.7 Å². The van der Waals surface area contributed by atoms with Crippen LogP contribution in [0.2, 0.25) is 0 Å². The van der Waals surface area contributed by atoms with Crippen molar-refractivity contribution in [1.29, 1.82) is 5.26 Å². The average molecular weight is 385 g/mol. The quantitative estimate of drug-likeness (QED) is 0.663. The second kappa shape index (κ2) is 7.32. The smallest absolute Gasteiger partial charge is 0.368 e. The summed E-state index contributed by atoms with van der Waals surface area (Å²) in [6.45, 7) is 6.10. The summed E-state index contributed by atoms with van der Waals surface area (Å²) in [5.74, 6) is 0. The Morgan fingerprint density at radius 2 is 2.08 bits per heavy atom. The summed E-state index contributed by atoms with van der Waals surface area (Å²) in [6.07, 6.45) is -2.77. The first-order valence-corrected chi connectivity index (χ1v) is 8.68. The van der Waals surface area contributed by atoms with Crippen molar-refractivity contribution in [3.05, 3.63) is 39.9 Å². The molecule has 26 heavy (non-hydrogen) atoms. The molecule has 1 aromatic rings. The summed E-state index contributed by atoms with van der Waals surface area (Å²) >= 11 is 6.41. The third-order valence-electron chi connectivity index (χ3n) is 4.99. The monoisotopic (exact) mass is 384 g/mol. The molecule has 0 spiro atoms. The van der Waals surface area contributed by atoms with Gasteiger partial charge >= 0.3 is 6.18 Å². The molecule has 2 rings (SSSR count). The first-order valence-electron chi connectivity index (χ1n) is 8.30. The van der Waals surface area contributed by atoms with Gasteiger partial charge in [0, 0.05) is 34.3 Å². The maximum Gasteiger partial charge on any atom is 0.417 e. The lowest BCUT2D eigenvalue weighted by Crippen LogP contribution is -2.48. The van der Waals surface area contributed by atoms with E-state index in [0.29, 0.717) is 35.7 Å². The van der Waals surface area contributed by atoms with Gasteiger partial charge in [-0.1, -0.05) is 25.4 Å². The molecule has 0 N–H and O–H groups in total. The number of halogens is 4. The molecule has 1 atom stereocenters. The zero-order valence-electron chi connectivity index (χ0n) is 14.8. The third-order valence-corrected chi connectivity index (χ3v) is 5.72. The SMILES string of the molecule is CCN(c1ccc(C#N)c(C(F)(F)F)c1)C1CCC(C=O)=C(Cl)C1(C)C. The van der Waals surface area contributed by atoms with Crippen LogP contribution in [0.1, 0.15) is 44.7 Å². The number of carbonyl (C=O) groups excluding carboxylic acids is 1. The number of benzene rings is 1. The van der Waals surface area contributed by atoms with Crippen molar-refractivity contribution in [2.24, 2.45) is 5.41 Å². The first kappa shape index (κ1) is 20.3. The molecule has 0 fully saturated rings. The highest BCUT2D eigenvalue weighted by molar-refractivity contribution is 6.32. The summed E-state index contributed by atoms with van der Waals surface area (Å²) < 4.78 is 39.9. The number of hydrogen-bond acceptors (Lipinski definition) is 3. The van der Waals surface area contributed by atoms with Crippen LogP contribution < -0.4 is 4.90 Å². The van der Waals surface area contributed by atoms with E-state index in [1.807, 2.05) is 25.7 Å². The van der Waals surface area contributed by atoms with E-state index in [0.717, 1.165) is 12.4 Å². The molecule has 1 aromatic carbocycles. The van der Waals surface area contributed by atoms with Gasteiger partial charge in [-0.3, -0.25) is 4.79 Å². The zero-order chi connectivity index (χ0) is 19.7. The van der Waals surface area contributed by atoms with Crippen LogP contribution >= 0.6 is 11.6 Å². The van der Waals surface area contributed by atoms with Crippen molar-refractivity contribution < 1.29 is 18.0 Å². The highest BCUT2D eigenvalue weighted by atomic mass is 35.5. The fraction of sp³-hybridized carbons (Fsp3) is 0.474. The molecule has 0 saturated carbocycles. The van der Waals surface area contributed by atoms with Gasteiger partial charge in [0.25, 0.3) is 0 Å². The molecular weight excluding hydrogens is 365 g/mol. The Hall–Kier alpha value is -2.00. The topological polar surface area (TPSA) is 44.1 Å². The summed E-state index contributed by atoms with van der Waals surface area (Å²) in [4.78, 5) is 13.0. The van der Waals surface area contributed by atoms with Gasteiger partial charge < -0.3 is 4.90 Å². The molecule has 0 heterocycles. The highest BCUT2D eigenvalue weighted by Gasteiger charge is 2.41. The largest absolute Gasteiger partial charge is 0.417 e. The molecule has 1 aliphatic rings. The van der Waals surface area contributed by atoms with Crippen LogP contribution in [-0.2, 0) is 11.0 Å². The minimum atomic E-state index is -4.61. The van der Waals surface area contributed by atoms with Crippen LogP contribution in [0.5, 0.6) is 0 Å². The van der Waals surface area contributed by atoms with Gasteiger partial charge in [0.05, 0.1) is 17.2 Å². The number of hydrogen-bond donors (Lipinski definition) is 0. The lowest BCUT2D eigenvalue weighted by atomic mass is 9.74. The maximum absolute atomic E-state index is 13.3. The van der Waals surface area contributed by atoms with Crippen molar-refractivity contribution >= 4 is 23.6 Å². The summed E-state index contributed by atoms with van der Waals surface area (Å²) in [5.41, 5.74) is -1.00. The lowest BCUT2D eigenvalue weighted by Gasteiger charge is -2.46. The van der Waals surface area contributed by atoms with Crippen LogP contribution in [0.3, 0.4) is 0 Å². The van der Waals surface area contributed by atoms with Gasteiger partial charge in [0.15, 0.2) is 0 Å². The van der Waals surface area contributed by atoms with Crippen LogP contribution in [0.4, 0.5) is 18.9 Å². The molecular formula is C19H20ClF3N2O. The number of nitriles is 1.